The zero-order valence-electron chi connectivity index (χ0n) is 48.2. The molecule has 0 fully saturated rings. The third-order valence-corrected chi connectivity index (χ3v) is 14.3. The molecule has 4 aromatic heterocycles. The second kappa shape index (κ2) is 29.2. The Morgan fingerprint density at radius 2 is 0.966 bits per heavy atom. The van der Waals surface area contributed by atoms with Crippen LogP contribution in [-0.4, -0.2) is 64.9 Å². The maximum Gasteiger partial charge on any atom is 2.00 e. The Kier molecular flexibility index (Phi) is 20.7. The Hall–Kier alpha value is -10.6. The van der Waals surface area contributed by atoms with Crippen LogP contribution in [0.1, 0.15) is 50.2 Å². The van der Waals surface area contributed by atoms with Gasteiger partial charge in [0.15, 0.2) is 17.3 Å². The van der Waals surface area contributed by atoms with E-state index in [-0.39, 0.29) is 102 Å². The summed E-state index contributed by atoms with van der Waals surface area (Å²) in [6.07, 6.45) is 17.3. The van der Waals surface area contributed by atoms with E-state index in [0.717, 1.165) is 15.7 Å². The van der Waals surface area contributed by atoms with Crippen LogP contribution in [0.25, 0.3) is 86.6 Å². The number of carbonyl (C=O) groups is 4. The number of hydrogen-bond donors (Lipinski definition) is 1. The van der Waals surface area contributed by atoms with Gasteiger partial charge in [0.2, 0.25) is 0 Å². The molecule has 0 atom stereocenters. The van der Waals surface area contributed by atoms with Crippen molar-refractivity contribution in [1.82, 2.24) is 34.3 Å². The van der Waals surface area contributed by atoms with Crippen LogP contribution in [0, 0.1) is 0 Å². The summed E-state index contributed by atoms with van der Waals surface area (Å²) in [4.78, 5) is 68.1. The second-order valence-corrected chi connectivity index (χ2v) is 20.1. The summed E-state index contributed by atoms with van der Waals surface area (Å²) in [5, 5.41) is 31.3. The topological polar surface area (TPSA) is 179 Å². The third-order valence-electron chi connectivity index (χ3n) is 14.3. The molecule has 0 radical (unpaired) electrons. The Morgan fingerprint density at radius 3 is 1.38 bits per heavy atom. The van der Waals surface area contributed by atoms with E-state index in [9.17, 15) is 0 Å². The summed E-state index contributed by atoms with van der Waals surface area (Å²) in [6, 6.07) is 60.7. The van der Waals surface area contributed by atoms with E-state index in [2.05, 4.69) is 20.7 Å². The van der Waals surface area contributed by atoms with Crippen molar-refractivity contribution in [2.45, 2.75) is 0 Å². The number of anilines is 2. The largest absolute Gasteiger partial charge is 2.00 e. The molecule has 0 aliphatic heterocycles. The van der Waals surface area contributed by atoms with Gasteiger partial charge < -0.3 is 20.0 Å². The second-order valence-electron chi connectivity index (χ2n) is 20.1. The number of aromatic nitrogens is 7. The molecule has 4 heterocycles. The fourth-order valence-electron chi connectivity index (χ4n) is 10.2. The van der Waals surface area contributed by atoms with Gasteiger partial charge in [-0.1, -0.05) is 211 Å². The molecule has 0 amide bonds. The summed E-state index contributed by atoms with van der Waals surface area (Å²) in [7, 11) is 4.95. The molecule has 1 N–H and O–H groups in total. The minimum atomic E-state index is -1.75. The first-order valence-corrected chi connectivity index (χ1v) is 27.8. The van der Waals surface area contributed by atoms with E-state index in [1.54, 1.807) is 79.8 Å². The number of aryl methyl sites for hydroxylation is 2. The molecule has 0 saturated heterocycles. The molecular formula is C73H55N8O6Pd2+3. The van der Waals surface area contributed by atoms with E-state index in [4.69, 9.17) is 9.72 Å². The number of hydrogen-bond acceptors (Lipinski definition) is 11. The smallest absolute Gasteiger partial charge is 0.529 e. The number of methoxy groups -OCH3 is 1. The molecule has 0 saturated carbocycles. The van der Waals surface area contributed by atoms with Crippen LogP contribution in [0.3, 0.4) is 0 Å². The van der Waals surface area contributed by atoms with Gasteiger partial charge in [0, 0.05) is 59.1 Å². The zero-order valence-corrected chi connectivity index (χ0v) is 51.3. The van der Waals surface area contributed by atoms with E-state index in [1.807, 2.05) is 188 Å². The van der Waals surface area contributed by atoms with E-state index < -0.39 is 23.4 Å². The number of benzene rings is 7. The predicted molar refractivity (Wildman–Crippen MR) is 343 cm³/mol. The van der Waals surface area contributed by atoms with Crippen molar-refractivity contribution in [3.8, 4) is 28.3 Å². The summed E-state index contributed by atoms with van der Waals surface area (Å²) in [6.45, 7) is 0. The number of carboxylic acid groups (broad SMARTS) is 1. The van der Waals surface area contributed by atoms with Crippen molar-refractivity contribution in [3.05, 3.63) is 287 Å². The van der Waals surface area contributed by atoms with Crippen LogP contribution in [-0.2, 0) is 69.3 Å². The van der Waals surface area contributed by atoms with Crippen molar-refractivity contribution in [2.24, 2.45) is 14.1 Å². The van der Waals surface area contributed by atoms with Crippen molar-refractivity contribution < 1.29 is 69.9 Å². The molecule has 7 aromatic carbocycles. The van der Waals surface area contributed by atoms with Crippen LogP contribution in [0.4, 0.5) is 16.3 Å². The van der Waals surface area contributed by atoms with Crippen LogP contribution in [0.2, 0.25) is 0 Å². The average Bonchev–Trinajstić information content (AvgIpc) is 2.02. The zero-order chi connectivity index (χ0) is 60.2. The molecule has 0 bridgehead atoms. The minimum absolute atomic E-state index is 0. The normalized spacial score (nSPS) is 11.9. The van der Waals surface area contributed by atoms with Gasteiger partial charge in [-0.25, -0.2) is 9.67 Å². The Bertz CT molecular complexity index is 4550. The number of allylic oxidation sites excluding steroid dienone is 6. The van der Waals surface area contributed by atoms with Gasteiger partial charge in [-0.2, -0.15) is 5.10 Å². The molecule has 440 valence electrons. The van der Waals surface area contributed by atoms with Crippen molar-refractivity contribution in [3.63, 3.8) is 0 Å². The summed E-state index contributed by atoms with van der Waals surface area (Å²) in [5.41, 5.74) is 5.52. The molecule has 0 aliphatic rings. The van der Waals surface area contributed by atoms with Gasteiger partial charge in [0.1, 0.15) is 17.7 Å². The number of pyridine rings is 1. The molecule has 16 heteroatoms. The Morgan fingerprint density at radius 1 is 0.528 bits per heavy atom. The SMILES string of the molecule is COc1cc(-c2cnnn2C)ccc1Nc1nc(C(=Cc2ccccc2)C(=O)C=Cc2ccccc2)c2c(C(=Cc3ccccc3)C(=O)C=Cc3ccccc3)c(-c3cnn(C)c3)n(C(=O)[O-])c2c1C(=Cc1ccccc1)C(=O)C=Cc1ccccc1.[Pd+2].[Pd+2]. The average molecular weight is 1350 g/mol. The fraction of sp³-hybridized carbons (Fsp3) is 0.0411. The van der Waals surface area contributed by atoms with Crippen molar-refractivity contribution in [2.75, 3.05) is 12.4 Å². The molecule has 89 heavy (non-hydrogen) atoms. The number of ketones is 3. The number of rotatable bonds is 20. The quantitative estimate of drug-likeness (QED) is 0.0567. The Balaban J connectivity index is 0.00000470. The van der Waals surface area contributed by atoms with Crippen LogP contribution < -0.4 is 15.2 Å². The first-order chi connectivity index (χ1) is 42.5. The van der Waals surface area contributed by atoms with Gasteiger partial charge in [-0.05, 0) is 82.0 Å². The number of carbonyl (C=O) groups excluding carboxylic acids is 4. The van der Waals surface area contributed by atoms with E-state index >= 15 is 24.3 Å². The van der Waals surface area contributed by atoms with Gasteiger partial charge in [0.25, 0.3) is 0 Å². The molecule has 0 aliphatic carbocycles. The van der Waals surface area contributed by atoms with Crippen molar-refractivity contribution >= 4 is 99.0 Å². The van der Waals surface area contributed by atoms with Crippen LogP contribution >= 0.6 is 0 Å². The number of ether oxygens (including phenoxy) is 1. The van der Waals surface area contributed by atoms with Gasteiger partial charge in [-0.15, -0.1) is 5.10 Å². The first-order valence-electron chi connectivity index (χ1n) is 27.8. The molecular weight excluding hydrogens is 1300 g/mol. The van der Waals surface area contributed by atoms with Crippen LogP contribution in [0.5, 0.6) is 5.75 Å². The fourth-order valence-corrected chi connectivity index (χ4v) is 10.2. The minimum Gasteiger partial charge on any atom is -0.529 e. The Labute approximate surface area is 541 Å². The first kappa shape index (κ1) is 62.9. The molecule has 14 nitrogen and oxygen atoms in total. The van der Waals surface area contributed by atoms with Crippen molar-refractivity contribution in [1.29, 1.82) is 0 Å². The number of nitrogens with zero attached hydrogens (tertiary/aromatic N) is 7. The predicted octanol–water partition coefficient (Wildman–Crippen LogP) is 13.6. The number of nitrogens with one attached hydrogen (secondary N) is 1. The molecule has 0 unspecified atom stereocenters. The van der Waals surface area contributed by atoms with Gasteiger partial charge in [-0.3, -0.25) is 23.6 Å². The monoisotopic (exact) mass is 1350 g/mol. The summed E-state index contributed by atoms with van der Waals surface area (Å²) in [5.74, 6) is -1.42. The third kappa shape index (κ3) is 14.5. The standard InChI is InChI=1S/C73H56N8O6.2Pd/c1-79-48-56(46-75-79)70-66(57(42-52-28-16-7-17-29-52)62(82)39-34-49-22-10-4-11-23-49)68-69(59(44-54-32-20-9-21-33-54)64(84)41-36-51-26-14-6-15-27-51)77-72(76-60-38-37-55(45-65(60)87-3)61-47-74-78-80(61)2)67(71(68)81(70)73(85)86)58(43-53-30-18-8-19-31-53)63(83)40-35-50-24-12-5-13-25-50;;/h4-48H,1-3H3,(H,76,77)(H,85,86);;/q;2*+2/p-1. The van der Waals surface area contributed by atoms with E-state index in [1.165, 1.54) is 36.2 Å². The maximum absolute atomic E-state index is 15.9. The van der Waals surface area contributed by atoms with E-state index in [0.29, 0.717) is 44.9 Å². The molecule has 11 rings (SSSR count). The molecule has 0 spiro atoms. The van der Waals surface area contributed by atoms with Gasteiger partial charge >= 0.3 is 40.8 Å². The summed E-state index contributed by atoms with van der Waals surface area (Å²) < 4.78 is 10.2. The van der Waals surface area contributed by atoms with Gasteiger partial charge in [0.05, 0.1) is 53.4 Å². The number of fused-ring (bicyclic) bond motifs is 1. The maximum atomic E-state index is 15.9. The summed E-state index contributed by atoms with van der Waals surface area (Å²) >= 11 is 0. The van der Waals surface area contributed by atoms with Crippen LogP contribution in [0.15, 0.2) is 237 Å². The molecule has 11 aromatic rings.